The van der Waals surface area contributed by atoms with Crippen molar-refractivity contribution >= 4 is 5.69 Å². The lowest BCUT2D eigenvalue weighted by Crippen LogP contribution is -2.46. The van der Waals surface area contributed by atoms with E-state index in [1.54, 1.807) is 5.56 Å². The van der Waals surface area contributed by atoms with Crippen molar-refractivity contribution in [3.8, 4) is 0 Å². The maximum Gasteiger partial charge on any atom is 0.0752 e. The minimum atomic E-state index is 0.848. The smallest absolute Gasteiger partial charge is 0.0752 e. The fourth-order valence-electron chi connectivity index (χ4n) is 3.66. The normalized spacial score (nSPS) is 24.9. The Morgan fingerprint density at radius 1 is 1.14 bits per heavy atom. The van der Waals surface area contributed by atoms with E-state index in [4.69, 9.17) is 0 Å². The lowest BCUT2D eigenvalue weighted by atomic mass is 9.92. The standard InChI is InChI=1S/C18H23N3/c1-20-13-17(10-19-20)21-11-14(12-21)7-8-16-9-18(16)15-5-3-2-4-6-15/h2-6,10,13-14,16,18H,7-9,11-12H2,1H3. The van der Waals surface area contributed by atoms with E-state index in [1.807, 2.05) is 17.9 Å². The van der Waals surface area contributed by atoms with E-state index in [0.717, 1.165) is 17.8 Å². The molecule has 2 unspecified atom stereocenters. The van der Waals surface area contributed by atoms with Gasteiger partial charge in [-0.1, -0.05) is 30.3 Å². The molecule has 2 aliphatic rings. The third-order valence-corrected chi connectivity index (χ3v) is 5.11. The second-order valence-electron chi connectivity index (χ2n) is 6.73. The van der Waals surface area contributed by atoms with Gasteiger partial charge in [-0.2, -0.15) is 5.10 Å². The van der Waals surface area contributed by atoms with E-state index in [9.17, 15) is 0 Å². The fraction of sp³-hybridized carbons (Fsp3) is 0.500. The molecule has 2 fully saturated rings. The van der Waals surface area contributed by atoms with Gasteiger partial charge in [-0.25, -0.2) is 0 Å². The quantitative estimate of drug-likeness (QED) is 0.837. The SMILES string of the molecule is Cn1cc(N2CC(CCC3CC3c3ccccc3)C2)cn1. The summed E-state index contributed by atoms with van der Waals surface area (Å²) in [6, 6.07) is 11.0. The van der Waals surface area contributed by atoms with Gasteiger partial charge in [-0.3, -0.25) is 4.68 Å². The number of hydrogen-bond acceptors (Lipinski definition) is 2. The Hall–Kier alpha value is -1.77. The summed E-state index contributed by atoms with van der Waals surface area (Å²) >= 11 is 0. The molecule has 3 nitrogen and oxygen atoms in total. The van der Waals surface area contributed by atoms with Crippen LogP contribution < -0.4 is 4.90 Å². The minimum absolute atomic E-state index is 0.848. The Morgan fingerprint density at radius 2 is 1.95 bits per heavy atom. The second kappa shape index (κ2) is 5.21. The predicted octanol–water partition coefficient (Wildman–Crippen LogP) is 3.44. The van der Waals surface area contributed by atoms with Crippen LogP contribution in [0.15, 0.2) is 42.7 Å². The van der Waals surface area contributed by atoms with Crippen LogP contribution in [0.5, 0.6) is 0 Å². The molecule has 2 heterocycles. The van der Waals surface area contributed by atoms with Gasteiger partial charge in [0.2, 0.25) is 0 Å². The first-order chi connectivity index (χ1) is 10.3. The Kier molecular flexibility index (Phi) is 3.21. The lowest BCUT2D eigenvalue weighted by molar-refractivity contribution is 0.365. The van der Waals surface area contributed by atoms with E-state index in [0.29, 0.717) is 0 Å². The number of nitrogens with zero attached hydrogens (tertiary/aromatic N) is 3. The molecule has 1 aromatic heterocycles. The first-order valence-corrected chi connectivity index (χ1v) is 8.08. The van der Waals surface area contributed by atoms with Crippen LogP contribution in [-0.4, -0.2) is 22.9 Å². The van der Waals surface area contributed by atoms with Crippen LogP contribution in [0.1, 0.15) is 30.7 Å². The average Bonchev–Trinajstić information content (AvgIpc) is 3.12. The van der Waals surface area contributed by atoms with E-state index in [-0.39, 0.29) is 0 Å². The summed E-state index contributed by atoms with van der Waals surface area (Å²) in [7, 11) is 1.98. The van der Waals surface area contributed by atoms with Crippen LogP contribution in [0.3, 0.4) is 0 Å². The highest BCUT2D eigenvalue weighted by molar-refractivity contribution is 5.45. The fourth-order valence-corrected chi connectivity index (χ4v) is 3.66. The Bertz CT molecular complexity index is 598. The average molecular weight is 281 g/mol. The highest BCUT2D eigenvalue weighted by atomic mass is 15.3. The van der Waals surface area contributed by atoms with Crippen LogP contribution in [0, 0.1) is 11.8 Å². The summed E-state index contributed by atoms with van der Waals surface area (Å²) < 4.78 is 1.89. The van der Waals surface area contributed by atoms with Crippen molar-refractivity contribution in [1.82, 2.24) is 9.78 Å². The van der Waals surface area contributed by atoms with Crippen molar-refractivity contribution in [2.45, 2.75) is 25.2 Å². The maximum absolute atomic E-state index is 4.25. The molecular weight excluding hydrogens is 258 g/mol. The zero-order chi connectivity index (χ0) is 14.2. The van der Waals surface area contributed by atoms with Gasteiger partial charge >= 0.3 is 0 Å². The largest absolute Gasteiger partial charge is 0.368 e. The Labute approximate surface area is 126 Å². The van der Waals surface area contributed by atoms with E-state index >= 15 is 0 Å². The number of aryl methyl sites for hydroxylation is 1. The van der Waals surface area contributed by atoms with Crippen molar-refractivity contribution in [2.75, 3.05) is 18.0 Å². The summed E-state index contributed by atoms with van der Waals surface area (Å²) in [5, 5.41) is 4.25. The summed E-state index contributed by atoms with van der Waals surface area (Å²) in [4.78, 5) is 2.44. The van der Waals surface area contributed by atoms with Gasteiger partial charge in [0.1, 0.15) is 0 Å². The lowest BCUT2D eigenvalue weighted by Gasteiger charge is -2.40. The summed E-state index contributed by atoms with van der Waals surface area (Å²) in [5.41, 5.74) is 2.83. The van der Waals surface area contributed by atoms with Crippen LogP contribution in [0.2, 0.25) is 0 Å². The molecule has 3 heteroatoms. The van der Waals surface area contributed by atoms with Crippen LogP contribution in [0.4, 0.5) is 5.69 Å². The van der Waals surface area contributed by atoms with Crippen LogP contribution in [0.25, 0.3) is 0 Å². The molecule has 0 radical (unpaired) electrons. The van der Waals surface area contributed by atoms with Gasteiger partial charge in [0, 0.05) is 26.3 Å². The molecule has 0 bridgehead atoms. The molecule has 1 saturated heterocycles. The summed E-state index contributed by atoms with van der Waals surface area (Å²) in [5.74, 6) is 2.68. The molecule has 0 spiro atoms. The monoisotopic (exact) mass is 281 g/mol. The zero-order valence-corrected chi connectivity index (χ0v) is 12.7. The van der Waals surface area contributed by atoms with Gasteiger partial charge in [0.05, 0.1) is 11.9 Å². The first kappa shape index (κ1) is 12.9. The summed E-state index contributed by atoms with van der Waals surface area (Å²) in [6.07, 6.45) is 8.30. The third kappa shape index (κ3) is 2.69. The highest BCUT2D eigenvalue weighted by Crippen LogP contribution is 2.50. The molecule has 4 rings (SSSR count). The second-order valence-corrected chi connectivity index (χ2v) is 6.73. The predicted molar refractivity (Wildman–Crippen MR) is 85.4 cm³/mol. The summed E-state index contributed by atoms with van der Waals surface area (Å²) in [6.45, 7) is 2.43. The van der Waals surface area contributed by atoms with E-state index in [1.165, 1.54) is 38.0 Å². The molecule has 1 aliphatic heterocycles. The van der Waals surface area contributed by atoms with E-state index in [2.05, 4.69) is 46.5 Å². The molecule has 2 aromatic rings. The number of aromatic nitrogens is 2. The van der Waals surface area contributed by atoms with Crippen molar-refractivity contribution in [1.29, 1.82) is 0 Å². The highest BCUT2D eigenvalue weighted by Gasteiger charge is 2.39. The number of anilines is 1. The molecule has 1 aromatic carbocycles. The molecule has 1 aliphatic carbocycles. The number of rotatable bonds is 5. The van der Waals surface area contributed by atoms with E-state index < -0.39 is 0 Å². The number of hydrogen-bond donors (Lipinski definition) is 0. The Balaban J connectivity index is 1.20. The van der Waals surface area contributed by atoms with Crippen molar-refractivity contribution in [3.05, 3.63) is 48.3 Å². The third-order valence-electron chi connectivity index (χ3n) is 5.11. The van der Waals surface area contributed by atoms with Crippen molar-refractivity contribution in [2.24, 2.45) is 18.9 Å². The molecule has 1 saturated carbocycles. The van der Waals surface area contributed by atoms with Gasteiger partial charge in [-0.05, 0) is 42.6 Å². The molecule has 110 valence electrons. The van der Waals surface area contributed by atoms with Crippen LogP contribution in [-0.2, 0) is 7.05 Å². The van der Waals surface area contributed by atoms with Gasteiger partial charge < -0.3 is 4.90 Å². The maximum atomic E-state index is 4.25. The number of benzene rings is 1. The minimum Gasteiger partial charge on any atom is -0.368 e. The van der Waals surface area contributed by atoms with Crippen molar-refractivity contribution in [3.63, 3.8) is 0 Å². The zero-order valence-electron chi connectivity index (χ0n) is 12.7. The van der Waals surface area contributed by atoms with Crippen LogP contribution >= 0.6 is 0 Å². The molecule has 21 heavy (non-hydrogen) atoms. The van der Waals surface area contributed by atoms with Crippen molar-refractivity contribution < 1.29 is 0 Å². The molecule has 2 atom stereocenters. The topological polar surface area (TPSA) is 21.1 Å². The molecule has 0 N–H and O–H groups in total. The Morgan fingerprint density at radius 3 is 2.67 bits per heavy atom. The first-order valence-electron chi connectivity index (χ1n) is 8.08. The van der Waals surface area contributed by atoms with Gasteiger partial charge in [0.15, 0.2) is 0 Å². The van der Waals surface area contributed by atoms with Gasteiger partial charge in [-0.15, -0.1) is 0 Å². The van der Waals surface area contributed by atoms with Gasteiger partial charge in [0.25, 0.3) is 0 Å². The molecular formula is C18H23N3. The molecule has 0 amide bonds.